The van der Waals surface area contributed by atoms with Gasteiger partial charge in [0.15, 0.2) is 11.5 Å². The largest absolute Gasteiger partial charge is 0.441 e. The number of benzene rings is 2. The van der Waals surface area contributed by atoms with E-state index < -0.39 is 0 Å². The number of likely N-dealkylation sites (tertiary alicyclic amines) is 1. The molecule has 3 aromatic rings. The second kappa shape index (κ2) is 8.55. The Hall–Kier alpha value is -2.68. The van der Waals surface area contributed by atoms with Gasteiger partial charge in [-0.3, -0.25) is 4.90 Å². The van der Waals surface area contributed by atoms with Crippen molar-refractivity contribution in [1.82, 2.24) is 9.88 Å². The molecule has 1 N–H and O–H groups in total. The van der Waals surface area contributed by atoms with Crippen molar-refractivity contribution in [3.8, 4) is 17.2 Å². The Labute approximate surface area is 165 Å². The maximum atomic E-state index is 9.29. The van der Waals surface area contributed by atoms with Gasteiger partial charge in [0.25, 0.3) is 0 Å². The first-order valence-electron chi connectivity index (χ1n) is 10.0. The third-order valence-electron chi connectivity index (χ3n) is 5.60. The van der Waals surface area contributed by atoms with Crippen LogP contribution in [0.4, 0.5) is 0 Å². The molecule has 4 rings (SSSR count). The van der Waals surface area contributed by atoms with Gasteiger partial charge in [-0.2, -0.15) is 5.26 Å². The minimum absolute atomic E-state index is 0.252. The summed E-state index contributed by atoms with van der Waals surface area (Å²) in [4.78, 5) is 7.16. The van der Waals surface area contributed by atoms with Crippen molar-refractivity contribution in [2.75, 3.05) is 19.7 Å². The molecular weight excluding hydrogens is 350 g/mol. The molecule has 1 aliphatic heterocycles. The van der Waals surface area contributed by atoms with Gasteiger partial charge >= 0.3 is 0 Å². The summed E-state index contributed by atoms with van der Waals surface area (Å²) in [5.41, 5.74) is 4.45. The Morgan fingerprint density at radius 1 is 1.14 bits per heavy atom. The van der Waals surface area contributed by atoms with Crippen LogP contribution < -0.4 is 0 Å². The molecule has 1 aliphatic rings. The quantitative estimate of drug-likeness (QED) is 0.701. The van der Waals surface area contributed by atoms with E-state index in [-0.39, 0.29) is 6.61 Å². The topological polar surface area (TPSA) is 73.3 Å². The first kappa shape index (κ1) is 18.7. The second-order valence-electron chi connectivity index (χ2n) is 7.43. The predicted octanol–water partition coefficient (Wildman–Crippen LogP) is 4.15. The summed E-state index contributed by atoms with van der Waals surface area (Å²) >= 11 is 0. The number of hydrogen-bond donors (Lipinski definition) is 1. The number of piperidine rings is 1. The molecule has 1 aromatic heterocycles. The standard InChI is InChI=1S/C23H25N3O2/c24-16-17-4-6-18(7-5-17)19-8-9-22-21(15-19)25-23(28-22)10-13-26-12-2-1-3-20(26)11-14-27/h4-9,15,20,27H,1-3,10-14H2. The van der Waals surface area contributed by atoms with E-state index in [4.69, 9.17) is 14.7 Å². The van der Waals surface area contributed by atoms with E-state index >= 15 is 0 Å². The smallest absolute Gasteiger partial charge is 0.196 e. The SMILES string of the molecule is N#Cc1ccc(-c2ccc3oc(CCN4CCCCC4CCO)nc3c2)cc1. The highest BCUT2D eigenvalue weighted by atomic mass is 16.3. The number of nitriles is 1. The summed E-state index contributed by atoms with van der Waals surface area (Å²) < 4.78 is 5.95. The third-order valence-corrected chi connectivity index (χ3v) is 5.60. The molecule has 0 radical (unpaired) electrons. The number of aromatic nitrogens is 1. The molecule has 0 saturated carbocycles. The van der Waals surface area contributed by atoms with Gasteiger partial charge in [-0.1, -0.05) is 24.6 Å². The van der Waals surface area contributed by atoms with Crippen LogP contribution in [-0.4, -0.2) is 40.7 Å². The molecule has 5 heteroatoms. The van der Waals surface area contributed by atoms with Crippen LogP contribution in [0.25, 0.3) is 22.2 Å². The molecule has 1 unspecified atom stereocenters. The van der Waals surface area contributed by atoms with Gasteiger partial charge in [-0.25, -0.2) is 4.98 Å². The number of aliphatic hydroxyl groups excluding tert-OH is 1. The fourth-order valence-corrected chi connectivity index (χ4v) is 4.07. The van der Waals surface area contributed by atoms with Crippen LogP contribution in [0.3, 0.4) is 0 Å². The lowest BCUT2D eigenvalue weighted by molar-refractivity contribution is 0.119. The summed E-state index contributed by atoms with van der Waals surface area (Å²) in [5.74, 6) is 0.764. The molecule has 1 fully saturated rings. The maximum Gasteiger partial charge on any atom is 0.196 e. The number of nitrogens with zero attached hydrogens (tertiary/aromatic N) is 3. The van der Waals surface area contributed by atoms with Gasteiger partial charge in [-0.05, 0) is 61.2 Å². The Kier molecular flexibility index (Phi) is 5.70. The van der Waals surface area contributed by atoms with E-state index in [2.05, 4.69) is 11.0 Å². The van der Waals surface area contributed by atoms with Crippen molar-refractivity contribution < 1.29 is 9.52 Å². The van der Waals surface area contributed by atoms with Crippen molar-refractivity contribution >= 4 is 11.1 Å². The number of oxazole rings is 1. The van der Waals surface area contributed by atoms with Crippen LogP contribution >= 0.6 is 0 Å². The summed E-state index contributed by atoms with van der Waals surface area (Å²) in [6.07, 6.45) is 5.28. The van der Waals surface area contributed by atoms with Gasteiger partial charge in [-0.15, -0.1) is 0 Å². The van der Waals surface area contributed by atoms with E-state index in [9.17, 15) is 5.11 Å². The molecule has 0 aliphatic carbocycles. The third kappa shape index (κ3) is 4.09. The fraction of sp³-hybridized carbons (Fsp3) is 0.391. The molecule has 0 spiro atoms. The summed E-state index contributed by atoms with van der Waals surface area (Å²) in [5, 5.41) is 18.2. The van der Waals surface area contributed by atoms with Crippen LogP contribution in [-0.2, 0) is 6.42 Å². The monoisotopic (exact) mass is 375 g/mol. The highest BCUT2D eigenvalue weighted by molar-refractivity contribution is 5.80. The molecule has 0 bridgehead atoms. The number of aliphatic hydroxyl groups is 1. The van der Waals surface area contributed by atoms with Crippen molar-refractivity contribution in [2.45, 2.75) is 38.1 Å². The maximum absolute atomic E-state index is 9.29. The van der Waals surface area contributed by atoms with E-state index in [1.165, 1.54) is 19.3 Å². The minimum Gasteiger partial charge on any atom is -0.441 e. The first-order chi connectivity index (χ1) is 13.8. The van der Waals surface area contributed by atoms with Crippen LogP contribution in [0, 0.1) is 11.3 Å². The molecule has 2 aromatic carbocycles. The molecule has 1 saturated heterocycles. The van der Waals surface area contributed by atoms with Crippen molar-refractivity contribution in [3.05, 3.63) is 53.9 Å². The molecule has 1 atom stereocenters. The van der Waals surface area contributed by atoms with E-state index in [0.717, 1.165) is 54.0 Å². The zero-order valence-electron chi connectivity index (χ0n) is 16.0. The van der Waals surface area contributed by atoms with E-state index in [1.807, 2.05) is 42.5 Å². The highest BCUT2D eigenvalue weighted by Crippen LogP contribution is 2.26. The fourth-order valence-electron chi connectivity index (χ4n) is 4.07. The predicted molar refractivity (Wildman–Crippen MR) is 109 cm³/mol. The molecule has 5 nitrogen and oxygen atoms in total. The number of rotatable bonds is 6. The summed E-state index contributed by atoms with van der Waals surface area (Å²) in [6, 6.07) is 16.2. The van der Waals surface area contributed by atoms with Crippen molar-refractivity contribution in [3.63, 3.8) is 0 Å². The van der Waals surface area contributed by atoms with Crippen LogP contribution in [0.5, 0.6) is 0 Å². The first-order valence-corrected chi connectivity index (χ1v) is 10.0. The van der Waals surface area contributed by atoms with Crippen LogP contribution in [0.2, 0.25) is 0 Å². The van der Waals surface area contributed by atoms with Gasteiger partial charge < -0.3 is 9.52 Å². The number of hydrogen-bond acceptors (Lipinski definition) is 5. The van der Waals surface area contributed by atoms with Gasteiger partial charge in [0.2, 0.25) is 0 Å². The summed E-state index contributed by atoms with van der Waals surface area (Å²) in [7, 11) is 0. The lowest BCUT2D eigenvalue weighted by Gasteiger charge is -2.35. The minimum atomic E-state index is 0.252. The molecule has 28 heavy (non-hydrogen) atoms. The van der Waals surface area contributed by atoms with Crippen molar-refractivity contribution in [2.24, 2.45) is 0 Å². The van der Waals surface area contributed by atoms with E-state index in [1.54, 1.807) is 0 Å². The zero-order valence-corrected chi connectivity index (χ0v) is 16.0. The average molecular weight is 375 g/mol. The molecule has 144 valence electrons. The zero-order chi connectivity index (χ0) is 19.3. The molecular formula is C23H25N3O2. The Morgan fingerprint density at radius 3 is 2.75 bits per heavy atom. The Bertz CT molecular complexity index is 970. The van der Waals surface area contributed by atoms with E-state index in [0.29, 0.717) is 11.6 Å². The normalized spacial score (nSPS) is 17.6. The Morgan fingerprint density at radius 2 is 1.96 bits per heavy atom. The second-order valence-corrected chi connectivity index (χ2v) is 7.43. The van der Waals surface area contributed by atoms with Crippen LogP contribution in [0.1, 0.15) is 37.1 Å². The van der Waals surface area contributed by atoms with Gasteiger partial charge in [0.05, 0.1) is 11.6 Å². The van der Waals surface area contributed by atoms with Crippen molar-refractivity contribution in [1.29, 1.82) is 5.26 Å². The molecule has 0 amide bonds. The number of fused-ring (bicyclic) bond motifs is 1. The molecule has 2 heterocycles. The lowest BCUT2D eigenvalue weighted by Crippen LogP contribution is -2.41. The highest BCUT2D eigenvalue weighted by Gasteiger charge is 2.22. The average Bonchev–Trinajstić information content (AvgIpc) is 3.15. The Balaban J connectivity index is 1.47. The lowest BCUT2D eigenvalue weighted by atomic mass is 9.99. The summed E-state index contributed by atoms with van der Waals surface area (Å²) in [6.45, 7) is 2.26. The van der Waals surface area contributed by atoms with Crippen LogP contribution in [0.15, 0.2) is 46.9 Å². The van der Waals surface area contributed by atoms with Gasteiger partial charge in [0, 0.05) is 25.6 Å². The van der Waals surface area contributed by atoms with Gasteiger partial charge in [0.1, 0.15) is 5.52 Å².